The van der Waals surface area contributed by atoms with Gasteiger partial charge >= 0.3 is 0 Å². The van der Waals surface area contributed by atoms with Gasteiger partial charge in [0.2, 0.25) is 5.43 Å². The second-order valence-corrected chi connectivity index (χ2v) is 7.52. The molecule has 8 heteroatoms. The van der Waals surface area contributed by atoms with Gasteiger partial charge in [-0.25, -0.2) is 0 Å². The Bertz CT molecular complexity index is 1230. The zero-order valence-corrected chi connectivity index (χ0v) is 16.7. The molecule has 1 aromatic heterocycles. The molecular weight excluding hydrogens is 394 g/mol. The minimum Gasteiger partial charge on any atom is -0.503 e. The number of nitrogens with zero attached hydrogens (tertiary/aromatic N) is 5. The van der Waals surface area contributed by atoms with Crippen LogP contribution >= 0.6 is 0 Å². The van der Waals surface area contributed by atoms with Crippen LogP contribution in [0.3, 0.4) is 0 Å². The SMILES string of the molecule is CN1CC(C(c2cccc(C#N)c2)c2cccc(C#N)c2)n2ncc(=O)c(O)c2C1O. The lowest BCUT2D eigenvalue weighted by atomic mass is 9.82. The highest BCUT2D eigenvalue weighted by molar-refractivity contribution is 5.43. The van der Waals surface area contributed by atoms with Crippen LogP contribution in [0.15, 0.2) is 59.5 Å². The molecule has 2 unspecified atom stereocenters. The Morgan fingerprint density at radius 2 is 1.68 bits per heavy atom. The van der Waals surface area contributed by atoms with Crippen LogP contribution in [0.2, 0.25) is 0 Å². The average molecular weight is 413 g/mol. The number of nitriles is 2. The number of aliphatic hydroxyl groups is 1. The van der Waals surface area contributed by atoms with Crippen LogP contribution in [0.4, 0.5) is 0 Å². The number of hydrogen-bond donors (Lipinski definition) is 2. The summed E-state index contributed by atoms with van der Waals surface area (Å²) < 4.78 is 1.48. The van der Waals surface area contributed by atoms with Gasteiger partial charge in [-0.2, -0.15) is 15.6 Å². The zero-order valence-electron chi connectivity index (χ0n) is 16.7. The fraction of sp³-hybridized carbons (Fsp3) is 0.217. The van der Waals surface area contributed by atoms with Crippen molar-refractivity contribution < 1.29 is 10.2 Å². The van der Waals surface area contributed by atoms with Gasteiger partial charge in [-0.3, -0.25) is 14.4 Å². The molecule has 2 N–H and O–H groups in total. The molecule has 0 fully saturated rings. The number of likely N-dealkylation sites (N-methyl/N-ethyl adjacent to an activating group) is 1. The third kappa shape index (κ3) is 3.55. The van der Waals surface area contributed by atoms with Gasteiger partial charge in [0.25, 0.3) is 0 Å². The summed E-state index contributed by atoms with van der Waals surface area (Å²) in [7, 11) is 1.69. The first-order valence-corrected chi connectivity index (χ1v) is 9.63. The van der Waals surface area contributed by atoms with E-state index in [9.17, 15) is 25.5 Å². The molecule has 0 radical (unpaired) electrons. The van der Waals surface area contributed by atoms with Crippen LogP contribution in [0, 0.1) is 22.7 Å². The van der Waals surface area contributed by atoms with Gasteiger partial charge in [0.15, 0.2) is 12.0 Å². The van der Waals surface area contributed by atoms with Crippen LogP contribution in [0.5, 0.6) is 5.75 Å². The first kappa shape index (κ1) is 20.3. The molecule has 4 rings (SSSR count). The lowest BCUT2D eigenvalue weighted by Crippen LogP contribution is -2.43. The van der Waals surface area contributed by atoms with Crippen LogP contribution < -0.4 is 5.43 Å². The van der Waals surface area contributed by atoms with Crippen molar-refractivity contribution in [2.24, 2.45) is 0 Å². The summed E-state index contributed by atoms with van der Waals surface area (Å²) in [4.78, 5) is 13.6. The summed E-state index contributed by atoms with van der Waals surface area (Å²) >= 11 is 0. The average Bonchev–Trinajstić information content (AvgIpc) is 2.79. The Labute approximate surface area is 178 Å². The third-order valence-electron chi connectivity index (χ3n) is 5.61. The molecule has 0 saturated carbocycles. The largest absolute Gasteiger partial charge is 0.503 e. The fourth-order valence-electron chi connectivity index (χ4n) is 4.15. The first-order valence-electron chi connectivity index (χ1n) is 9.63. The predicted octanol–water partition coefficient (Wildman–Crippen LogP) is 2.00. The molecule has 0 saturated heterocycles. The molecule has 1 aliphatic rings. The highest BCUT2D eigenvalue weighted by Crippen LogP contribution is 2.41. The van der Waals surface area contributed by atoms with Gasteiger partial charge in [-0.15, -0.1) is 0 Å². The minimum absolute atomic E-state index is 0.0177. The highest BCUT2D eigenvalue weighted by Gasteiger charge is 2.38. The summed E-state index contributed by atoms with van der Waals surface area (Å²) in [5, 5.41) is 44.0. The number of hydrogen-bond acceptors (Lipinski definition) is 7. The number of aromatic nitrogens is 2. The molecule has 2 atom stereocenters. The molecule has 8 nitrogen and oxygen atoms in total. The monoisotopic (exact) mass is 413 g/mol. The van der Waals surface area contributed by atoms with E-state index in [4.69, 9.17) is 0 Å². The number of aliphatic hydroxyl groups excluding tert-OH is 1. The van der Waals surface area contributed by atoms with E-state index in [1.165, 1.54) is 4.68 Å². The van der Waals surface area contributed by atoms with Crippen molar-refractivity contribution in [3.05, 3.63) is 92.9 Å². The highest BCUT2D eigenvalue weighted by atomic mass is 16.3. The summed E-state index contributed by atoms with van der Waals surface area (Å²) in [6.07, 6.45) is -0.174. The van der Waals surface area contributed by atoms with Crippen LogP contribution in [-0.4, -0.2) is 38.5 Å². The topological polar surface area (TPSA) is 126 Å². The summed E-state index contributed by atoms with van der Waals surface area (Å²) in [5.41, 5.74) is 1.95. The smallest absolute Gasteiger partial charge is 0.242 e. The van der Waals surface area contributed by atoms with Crippen LogP contribution in [0.1, 0.15) is 46.1 Å². The van der Waals surface area contributed by atoms with Gasteiger partial charge in [0, 0.05) is 12.5 Å². The van der Waals surface area contributed by atoms with E-state index in [-0.39, 0.29) is 11.6 Å². The standard InChI is InChI=1S/C23H19N5O3/c1-27-13-18(28-21(23(27)31)22(30)19(29)12-26-28)20(16-6-2-4-14(8-16)10-24)17-7-3-5-15(9-17)11-25/h2-9,12,18,20,23,30-31H,13H2,1H3. The van der Waals surface area contributed by atoms with E-state index in [2.05, 4.69) is 17.2 Å². The Morgan fingerprint density at radius 3 is 2.23 bits per heavy atom. The zero-order chi connectivity index (χ0) is 22.1. The lowest BCUT2D eigenvalue weighted by molar-refractivity contribution is -0.0235. The van der Waals surface area contributed by atoms with Crippen LogP contribution in [0.25, 0.3) is 0 Å². The molecule has 154 valence electrons. The van der Waals surface area contributed by atoms with E-state index in [1.54, 1.807) is 48.3 Å². The van der Waals surface area contributed by atoms with Gasteiger partial charge < -0.3 is 10.2 Å². The lowest BCUT2D eigenvalue weighted by Gasteiger charge is -2.40. The molecule has 2 heterocycles. The Balaban J connectivity index is 1.97. The van der Waals surface area contributed by atoms with E-state index in [0.717, 1.165) is 17.3 Å². The minimum atomic E-state index is -1.20. The maximum Gasteiger partial charge on any atom is 0.242 e. The molecule has 0 amide bonds. The summed E-state index contributed by atoms with van der Waals surface area (Å²) in [5.74, 6) is -0.918. The van der Waals surface area contributed by atoms with Gasteiger partial charge in [0.1, 0.15) is 5.69 Å². The van der Waals surface area contributed by atoms with Crippen molar-refractivity contribution in [1.82, 2.24) is 14.7 Å². The summed E-state index contributed by atoms with van der Waals surface area (Å²) in [6, 6.07) is 18.2. The van der Waals surface area contributed by atoms with Crippen molar-refractivity contribution >= 4 is 0 Å². The molecule has 0 spiro atoms. The molecule has 1 aliphatic heterocycles. The van der Waals surface area contributed by atoms with E-state index < -0.39 is 23.4 Å². The second-order valence-electron chi connectivity index (χ2n) is 7.52. The quantitative estimate of drug-likeness (QED) is 0.672. The number of rotatable bonds is 3. The summed E-state index contributed by atoms with van der Waals surface area (Å²) in [6.45, 7) is 0.349. The van der Waals surface area contributed by atoms with Gasteiger partial charge in [0.05, 0.1) is 35.5 Å². The molecule has 31 heavy (non-hydrogen) atoms. The van der Waals surface area contributed by atoms with Crippen molar-refractivity contribution in [3.63, 3.8) is 0 Å². The normalized spacial score (nSPS) is 18.2. The molecule has 2 aromatic carbocycles. The molecule has 3 aromatic rings. The molecule has 0 bridgehead atoms. The van der Waals surface area contributed by atoms with E-state index in [1.807, 2.05) is 12.1 Å². The second kappa shape index (κ2) is 8.04. The van der Waals surface area contributed by atoms with Crippen LogP contribution in [-0.2, 0) is 0 Å². The molecular formula is C23H19N5O3. The van der Waals surface area contributed by atoms with Gasteiger partial charge in [-0.1, -0.05) is 24.3 Å². The van der Waals surface area contributed by atoms with E-state index >= 15 is 0 Å². The Morgan fingerprint density at radius 1 is 1.10 bits per heavy atom. The maximum absolute atomic E-state index is 12.0. The van der Waals surface area contributed by atoms with Crippen molar-refractivity contribution in [2.45, 2.75) is 18.2 Å². The number of benzene rings is 2. The van der Waals surface area contributed by atoms with Crippen molar-refractivity contribution in [2.75, 3.05) is 13.6 Å². The molecule has 0 aliphatic carbocycles. The van der Waals surface area contributed by atoms with Crippen molar-refractivity contribution in [1.29, 1.82) is 10.5 Å². The Kier molecular flexibility index (Phi) is 5.26. The van der Waals surface area contributed by atoms with Crippen molar-refractivity contribution in [3.8, 4) is 17.9 Å². The van der Waals surface area contributed by atoms with E-state index in [0.29, 0.717) is 17.7 Å². The Hall–Kier alpha value is -3.98. The fourth-order valence-corrected chi connectivity index (χ4v) is 4.15. The maximum atomic E-state index is 12.0. The third-order valence-corrected chi connectivity index (χ3v) is 5.61. The predicted molar refractivity (Wildman–Crippen MR) is 111 cm³/mol. The number of fused-ring (bicyclic) bond motifs is 1. The first-order chi connectivity index (χ1) is 14.9. The number of aromatic hydroxyl groups is 1. The van der Waals surface area contributed by atoms with Gasteiger partial charge in [-0.05, 0) is 42.4 Å².